The van der Waals surface area contributed by atoms with Crippen LogP contribution in [0.3, 0.4) is 0 Å². The van der Waals surface area contributed by atoms with E-state index in [-0.39, 0.29) is 65.9 Å². The number of aliphatic carboxylic acids is 1. The van der Waals surface area contributed by atoms with E-state index in [2.05, 4.69) is 6.92 Å². The zero-order valence-corrected chi connectivity index (χ0v) is 22.0. The molecule has 0 aromatic rings. The monoisotopic (exact) mass is 482 g/mol. The molecule has 0 heterocycles. The van der Waals surface area contributed by atoms with Crippen molar-refractivity contribution in [1.29, 1.82) is 0 Å². The number of carboxylic acid groups (broad SMARTS) is 1. The van der Waals surface area contributed by atoms with Crippen molar-refractivity contribution in [2.24, 2.45) is 28.6 Å². The van der Waals surface area contributed by atoms with Gasteiger partial charge in [0.15, 0.2) is 12.4 Å². The number of aliphatic hydroxyl groups excluding tert-OH is 1. The van der Waals surface area contributed by atoms with Crippen LogP contribution >= 0.6 is 0 Å². The van der Waals surface area contributed by atoms with E-state index in [1.807, 2.05) is 13.0 Å². The largest absolute Gasteiger partial charge is 1.00 e. The van der Waals surface area contributed by atoms with Gasteiger partial charge >= 0.3 is 35.5 Å². The predicted molar refractivity (Wildman–Crippen MR) is 113 cm³/mol. The van der Waals surface area contributed by atoms with Crippen LogP contribution in [-0.2, 0) is 23.9 Å². The van der Waals surface area contributed by atoms with Crippen molar-refractivity contribution in [1.82, 2.24) is 0 Å². The molecule has 3 saturated carbocycles. The van der Waals surface area contributed by atoms with Gasteiger partial charge in [-0.15, -0.1) is 0 Å². The van der Waals surface area contributed by atoms with Crippen molar-refractivity contribution < 1.29 is 68.8 Å². The van der Waals surface area contributed by atoms with Gasteiger partial charge in [-0.25, -0.2) is 0 Å². The summed E-state index contributed by atoms with van der Waals surface area (Å²) in [5.41, 5.74) is -2.02. The third kappa shape index (κ3) is 4.26. The Labute approximate surface area is 221 Å². The fraction of sp³-hybridized carbons (Fsp3) is 0.680. The Kier molecular flexibility index (Phi) is 7.71. The molecule has 3 fully saturated rings. The minimum absolute atomic E-state index is 0. The van der Waals surface area contributed by atoms with E-state index >= 15 is 0 Å². The Morgan fingerprint density at radius 2 is 1.91 bits per heavy atom. The molecule has 0 aromatic carbocycles. The molecular weight excluding hydrogens is 451 g/mol. The molecule has 7 atom stereocenters. The third-order valence-corrected chi connectivity index (χ3v) is 9.01. The number of aliphatic hydroxyl groups is 2. The first-order chi connectivity index (χ1) is 15.4. The fourth-order valence-corrected chi connectivity index (χ4v) is 7.33. The molecule has 0 saturated heterocycles. The number of Topliss-reactive ketones (excluding diaryl/α,β-unsaturated/α-hetero) is 1. The van der Waals surface area contributed by atoms with E-state index in [4.69, 9.17) is 4.74 Å². The van der Waals surface area contributed by atoms with Crippen LogP contribution in [0.25, 0.3) is 0 Å². The molecule has 9 heteroatoms. The van der Waals surface area contributed by atoms with Crippen molar-refractivity contribution in [3.63, 3.8) is 0 Å². The molecule has 34 heavy (non-hydrogen) atoms. The van der Waals surface area contributed by atoms with E-state index in [9.17, 15) is 34.5 Å². The zero-order valence-electron chi connectivity index (χ0n) is 20.0. The SMILES string of the molecule is CC12C=CC(=O)C=C1CC[C@@H]1[C@@H]2[C@@H](O)C[C@@]2(C)[C@H]1CC[C@]2(O)C(=O)COC(=O)CCC(=O)[O-].[Na+]. The number of carbonyl (C=O) groups excluding carboxylic acids is 4. The maximum Gasteiger partial charge on any atom is 1.00 e. The maximum absolute atomic E-state index is 13.1. The van der Waals surface area contributed by atoms with Crippen LogP contribution in [0.5, 0.6) is 0 Å². The molecule has 0 spiro atoms. The van der Waals surface area contributed by atoms with Crippen molar-refractivity contribution >= 4 is 23.5 Å². The van der Waals surface area contributed by atoms with E-state index in [0.717, 1.165) is 18.4 Å². The van der Waals surface area contributed by atoms with Crippen molar-refractivity contribution in [3.8, 4) is 0 Å². The van der Waals surface area contributed by atoms with Gasteiger partial charge in [-0.05, 0) is 62.5 Å². The van der Waals surface area contributed by atoms with Crippen LogP contribution in [0.2, 0.25) is 0 Å². The number of carbonyl (C=O) groups is 4. The first-order valence-corrected chi connectivity index (χ1v) is 11.7. The number of esters is 1. The normalized spacial score (nSPS) is 40.2. The average molecular weight is 483 g/mol. The number of carboxylic acids is 1. The molecule has 1 unspecified atom stereocenters. The summed E-state index contributed by atoms with van der Waals surface area (Å²) in [5.74, 6) is -2.91. The summed E-state index contributed by atoms with van der Waals surface area (Å²) < 4.78 is 4.94. The second kappa shape index (κ2) is 9.62. The molecule has 8 nitrogen and oxygen atoms in total. The summed E-state index contributed by atoms with van der Waals surface area (Å²) in [6.07, 6.45) is 6.04. The number of ketones is 2. The van der Waals surface area contributed by atoms with Crippen LogP contribution in [0.1, 0.15) is 58.8 Å². The molecule has 0 radical (unpaired) electrons. The second-order valence-electron chi connectivity index (χ2n) is 10.6. The van der Waals surface area contributed by atoms with Crippen LogP contribution in [-0.4, -0.2) is 52.0 Å². The Morgan fingerprint density at radius 3 is 2.59 bits per heavy atom. The van der Waals surface area contributed by atoms with E-state index in [1.54, 1.807) is 12.2 Å². The van der Waals surface area contributed by atoms with Crippen LogP contribution in [0, 0.1) is 28.6 Å². The van der Waals surface area contributed by atoms with Crippen LogP contribution in [0.15, 0.2) is 23.8 Å². The number of fused-ring (bicyclic) bond motifs is 5. The van der Waals surface area contributed by atoms with Gasteiger partial charge in [0.1, 0.15) is 5.60 Å². The smallest absolute Gasteiger partial charge is 0.550 e. The molecule has 0 bridgehead atoms. The molecular formula is C25H31NaO8. The third-order valence-electron chi connectivity index (χ3n) is 9.01. The molecule has 4 aliphatic rings. The predicted octanol–water partition coefficient (Wildman–Crippen LogP) is -2.36. The van der Waals surface area contributed by atoms with Crippen molar-refractivity contribution in [2.75, 3.05) is 6.61 Å². The molecule has 2 N–H and O–H groups in total. The number of rotatable bonds is 6. The summed E-state index contributed by atoms with van der Waals surface area (Å²) in [6, 6.07) is 0. The Hall–Kier alpha value is -1.32. The van der Waals surface area contributed by atoms with Crippen molar-refractivity contribution in [3.05, 3.63) is 23.8 Å². The number of ether oxygens (including phenoxy) is 1. The number of allylic oxidation sites excluding steroid dienone is 4. The van der Waals surface area contributed by atoms with Gasteiger partial charge in [-0.2, -0.15) is 0 Å². The average Bonchev–Trinajstić information content (AvgIpc) is 3.02. The van der Waals surface area contributed by atoms with Gasteiger partial charge in [0.05, 0.1) is 12.5 Å². The molecule has 180 valence electrons. The topological polar surface area (TPSA) is 141 Å². The van der Waals surface area contributed by atoms with Gasteiger partial charge in [-0.3, -0.25) is 14.4 Å². The molecule has 4 rings (SSSR count). The molecule has 0 amide bonds. The summed E-state index contributed by atoms with van der Waals surface area (Å²) in [6.45, 7) is 3.26. The first-order valence-electron chi connectivity index (χ1n) is 11.7. The zero-order chi connectivity index (χ0) is 24.2. The summed E-state index contributed by atoms with van der Waals surface area (Å²) in [5, 5.41) is 33.4. The number of hydrogen-bond donors (Lipinski definition) is 2. The maximum atomic E-state index is 13.1. The standard InChI is InChI=1S/C25H32O8.Na/c1-23-9-7-15(26)11-14(23)3-4-16-17-8-10-25(32,24(17,2)12-18(27)22(16)23)19(28)13-33-21(31)6-5-20(29)30;/h7,9,11,16-18,22,27,32H,3-6,8,10,12-13H2,1-2H3,(H,29,30);/q;+1/p-1/t16-,17-,18-,22+,23?,24-,25-;/m0./s1. The van der Waals surface area contributed by atoms with Gasteiger partial charge in [0.25, 0.3) is 0 Å². The quantitative estimate of drug-likeness (QED) is 0.317. The minimum Gasteiger partial charge on any atom is -0.550 e. The molecule has 0 aliphatic heterocycles. The van der Waals surface area contributed by atoms with Gasteiger partial charge in [0.2, 0.25) is 5.78 Å². The number of hydrogen-bond acceptors (Lipinski definition) is 8. The molecule has 4 aliphatic carbocycles. The Balaban J connectivity index is 0.00000324. The Bertz CT molecular complexity index is 957. The Morgan fingerprint density at radius 1 is 1.21 bits per heavy atom. The van der Waals surface area contributed by atoms with Crippen molar-refractivity contribution in [2.45, 2.75) is 70.5 Å². The minimum atomic E-state index is -1.74. The first kappa shape index (κ1) is 27.3. The van der Waals surface area contributed by atoms with E-state index < -0.39 is 59.7 Å². The molecule has 0 aromatic heterocycles. The summed E-state index contributed by atoms with van der Waals surface area (Å²) >= 11 is 0. The summed E-state index contributed by atoms with van der Waals surface area (Å²) in [4.78, 5) is 47.2. The summed E-state index contributed by atoms with van der Waals surface area (Å²) in [7, 11) is 0. The fourth-order valence-electron chi connectivity index (χ4n) is 7.33. The van der Waals surface area contributed by atoms with E-state index in [1.165, 1.54) is 0 Å². The van der Waals surface area contributed by atoms with Gasteiger partial charge in [-0.1, -0.05) is 25.5 Å². The van der Waals surface area contributed by atoms with Crippen LogP contribution < -0.4 is 34.7 Å². The van der Waals surface area contributed by atoms with E-state index in [0.29, 0.717) is 6.42 Å². The second-order valence-corrected chi connectivity index (χ2v) is 10.6. The van der Waals surface area contributed by atoms with Crippen LogP contribution in [0.4, 0.5) is 0 Å². The van der Waals surface area contributed by atoms with Gasteiger partial charge < -0.3 is 24.9 Å². The van der Waals surface area contributed by atoms with Gasteiger partial charge in [0, 0.05) is 22.7 Å².